The molecule has 0 aliphatic heterocycles. The second-order valence-corrected chi connectivity index (χ2v) is 5.61. The molecule has 0 N–H and O–H groups in total. The van der Waals surface area contributed by atoms with Crippen molar-refractivity contribution < 1.29 is 18.0 Å². The fourth-order valence-corrected chi connectivity index (χ4v) is 2.93. The zero-order chi connectivity index (χ0) is 14.9. The van der Waals surface area contributed by atoms with Gasteiger partial charge in [0.15, 0.2) is 5.78 Å². The Morgan fingerprint density at radius 2 is 1.85 bits per heavy atom. The van der Waals surface area contributed by atoms with Gasteiger partial charge in [0.2, 0.25) is 0 Å². The van der Waals surface area contributed by atoms with Crippen molar-refractivity contribution in [3.8, 4) is 0 Å². The molecule has 0 fully saturated rings. The van der Waals surface area contributed by atoms with Crippen molar-refractivity contribution in [1.82, 2.24) is 0 Å². The Bertz CT molecular complexity index is 629. The fourth-order valence-electron chi connectivity index (χ4n) is 1.70. The standard InChI is InChI=1S/C14H10ClF3OS/c1-8-7-20-13(12(8)15)11(19)6-9-2-4-10(5-3-9)14(16,17)18/h2-5,7H,6H2,1H3. The summed E-state index contributed by atoms with van der Waals surface area (Å²) >= 11 is 7.25. The summed E-state index contributed by atoms with van der Waals surface area (Å²) in [5.74, 6) is -0.187. The van der Waals surface area contributed by atoms with Crippen LogP contribution in [0.1, 0.15) is 26.4 Å². The van der Waals surface area contributed by atoms with Crippen LogP contribution in [-0.2, 0) is 12.6 Å². The number of rotatable bonds is 3. The van der Waals surface area contributed by atoms with E-state index in [9.17, 15) is 18.0 Å². The van der Waals surface area contributed by atoms with Crippen LogP contribution in [0.15, 0.2) is 29.6 Å². The minimum absolute atomic E-state index is 0.0395. The Kier molecular flexibility index (Phi) is 4.20. The quantitative estimate of drug-likeness (QED) is 0.715. The molecular weight excluding hydrogens is 309 g/mol. The molecule has 0 aliphatic carbocycles. The summed E-state index contributed by atoms with van der Waals surface area (Å²) in [6.07, 6.45) is -4.32. The maximum Gasteiger partial charge on any atom is 0.416 e. The van der Waals surface area contributed by atoms with E-state index in [2.05, 4.69) is 0 Å². The Morgan fingerprint density at radius 1 is 1.25 bits per heavy atom. The highest BCUT2D eigenvalue weighted by Crippen LogP contribution is 2.30. The number of ketones is 1. The van der Waals surface area contributed by atoms with E-state index in [4.69, 9.17) is 11.6 Å². The Balaban J connectivity index is 2.15. The van der Waals surface area contributed by atoms with Gasteiger partial charge in [0.05, 0.1) is 15.5 Å². The zero-order valence-corrected chi connectivity index (χ0v) is 12.0. The first-order valence-corrected chi connectivity index (χ1v) is 6.97. The van der Waals surface area contributed by atoms with Gasteiger partial charge in [-0.05, 0) is 35.6 Å². The third-order valence-corrected chi connectivity index (χ3v) is 4.54. The van der Waals surface area contributed by atoms with Crippen LogP contribution in [0.4, 0.5) is 13.2 Å². The van der Waals surface area contributed by atoms with Gasteiger partial charge in [-0.3, -0.25) is 4.79 Å². The molecule has 0 atom stereocenters. The molecule has 0 aliphatic rings. The van der Waals surface area contributed by atoms with E-state index in [1.807, 2.05) is 0 Å². The van der Waals surface area contributed by atoms with Crippen LogP contribution in [-0.4, -0.2) is 5.78 Å². The van der Waals surface area contributed by atoms with Crippen LogP contribution in [0.2, 0.25) is 5.02 Å². The van der Waals surface area contributed by atoms with Crippen molar-refractivity contribution in [2.24, 2.45) is 0 Å². The highest BCUT2D eigenvalue weighted by atomic mass is 35.5. The predicted octanol–water partition coefficient (Wildman–Crippen LogP) is 5.15. The topological polar surface area (TPSA) is 17.1 Å². The highest BCUT2D eigenvalue weighted by Gasteiger charge is 2.30. The molecule has 0 saturated carbocycles. The van der Waals surface area contributed by atoms with Gasteiger partial charge in [-0.15, -0.1) is 11.3 Å². The number of aryl methyl sites for hydroxylation is 1. The number of Topliss-reactive ketones (excluding diaryl/α,β-unsaturated/α-hetero) is 1. The van der Waals surface area contributed by atoms with Gasteiger partial charge in [-0.1, -0.05) is 23.7 Å². The van der Waals surface area contributed by atoms with Crippen LogP contribution in [0.3, 0.4) is 0 Å². The molecule has 1 heterocycles. The van der Waals surface area contributed by atoms with Gasteiger partial charge >= 0.3 is 6.18 Å². The molecule has 0 saturated heterocycles. The molecule has 1 aromatic heterocycles. The second kappa shape index (κ2) is 5.58. The van der Waals surface area contributed by atoms with Gasteiger partial charge < -0.3 is 0 Å². The molecule has 0 radical (unpaired) electrons. The first kappa shape index (κ1) is 15.1. The van der Waals surface area contributed by atoms with Gasteiger partial charge in [0.1, 0.15) is 0 Å². The van der Waals surface area contributed by atoms with E-state index < -0.39 is 11.7 Å². The number of benzene rings is 1. The van der Waals surface area contributed by atoms with Gasteiger partial charge in [0.25, 0.3) is 0 Å². The van der Waals surface area contributed by atoms with Gasteiger partial charge in [-0.2, -0.15) is 13.2 Å². The molecule has 0 spiro atoms. The van der Waals surface area contributed by atoms with E-state index in [-0.39, 0.29) is 12.2 Å². The lowest BCUT2D eigenvalue weighted by Gasteiger charge is -2.07. The lowest BCUT2D eigenvalue weighted by atomic mass is 10.1. The van der Waals surface area contributed by atoms with Crippen molar-refractivity contribution in [1.29, 1.82) is 0 Å². The van der Waals surface area contributed by atoms with Crippen molar-refractivity contribution in [3.05, 3.63) is 56.2 Å². The average Bonchev–Trinajstić information content (AvgIpc) is 2.69. The molecule has 1 nitrogen and oxygen atoms in total. The number of hydrogen-bond acceptors (Lipinski definition) is 2. The molecule has 1 aromatic carbocycles. The van der Waals surface area contributed by atoms with E-state index in [1.165, 1.54) is 23.5 Å². The van der Waals surface area contributed by atoms with Gasteiger partial charge in [0, 0.05) is 6.42 Å². The Hall–Kier alpha value is -1.33. The largest absolute Gasteiger partial charge is 0.416 e. The number of thiophene rings is 1. The Morgan fingerprint density at radius 3 is 2.30 bits per heavy atom. The van der Waals surface area contributed by atoms with Crippen molar-refractivity contribution in [2.45, 2.75) is 19.5 Å². The minimum atomic E-state index is -4.36. The lowest BCUT2D eigenvalue weighted by molar-refractivity contribution is -0.137. The van der Waals surface area contributed by atoms with Crippen LogP contribution in [0.25, 0.3) is 0 Å². The monoisotopic (exact) mass is 318 g/mol. The third kappa shape index (κ3) is 3.22. The average molecular weight is 319 g/mol. The summed E-state index contributed by atoms with van der Waals surface area (Å²) < 4.78 is 37.3. The smallest absolute Gasteiger partial charge is 0.293 e. The molecule has 6 heteroatoms. The number of hydrogen-bond donors (Lipinski definition) is 0. The molecular formula is C14H10ClF3OS. The van der Waals surface area contributed by atoms with Crippen molar-refractivity contribution in [2.75, 3.05) is 0 Å². The first-order valence-electron chi connectivity index (χ1n) is 5.72. The molecule has 2 aromatic rings. The van der Waals surface area contributed by atoms with Crippen LogP contribution >= 0.6 is 22.9 Å². The molecule has 0 bridgehead atoms. The van der Waals surface area contributed by atoms with Crippen molar-refractivity contribution >= 4 is 28.7 Å². The zero-order valence-electron chi connectivity index (χ0n) is 10.4. The summed E-state index contributed by atoms with van der Waals surface area (Å²) in [6.45, 7) is 1.80. The summed E-state index contributed by atoms with van der Waals surface area (Å²) in [7, 11) is 0. The molecule has 2 rings (SSSR count). The van der Waals surface area contributed by atoms with Crippen LogP contribution < -0.4 is 0 Å². The minimum Gasteiger partial charge on any atom is -0.293 e. The summed E-state index contributed by atoms with van der Waals surface area (Å²) in [5, 5.41) is 2.20. The summed E-state index contributed by atoms with van der Waals surface area (Å²) in [5.41, 5.74) is 0.635. The maximum absolute atomic E-state index is 12.4. The normalized spacial score (nSPS) is 11.7. The second-order valence-electron chi connectivity index (χ2n) is 4.36. The number of halogens is 4. The lowest BCUT2D eigenvalue weighted by Crippen LogP contribution is -2.06. The molecule has 0 unspecified atom stereocenters. The van der Waals surface area contributed by atoms with E-state index >= 15 is 0 Å². The predicted molar refractivity (Wildman–Crippen MR) is 73.5 cm³/mol. The maximum atomic E-state index is 12.4. The molecule has 106 valence electrons. The van der Waals surface area contributed by atoms with Crippen LogP contribution in [0, 0.1) is 6.92 Å². The summed E-state index contributed by atoms with van der Waals surface area (Å²) in [4.78, 5) is 12.5. The number of carbonyl (C=O) groups excluding carboxylic acids is 1. The Labute approximate surface area is 123 Å². The van der Waals surface area contributed by atoms with E-state index in [0.717, 1.165) is 17.7 Å². The fraction of sp³-hybridized carbons (Fsp3) is 0.214. The van der Waals surface area contributed by atoms with E-state index in [1.54, 1.807) is 12.3 Å². The SMILES string of the molecule is Cc1csc(C(=O)Cc2ccc(C(F)(F)F)cc2)c1Cl. The van der Waals surface area contributed by atoms with E-state index in [0.29, 0.717) is 15.5 Å². The number of alkyl halides is 3. The summed E-state index contributed by atoms with van der Waals surface area (Å²) in [6, 6.07) is 4.58. The van der Waals surface area contributed by atoms with Crippen molar-refractivity contribution in [3.63, 3.8) is 0 Å². The molecule has 0 amide bonds. The highest BCUT2D eigenvalue weighted by molar-refractivity contribution is 7.13. The molecule has 20 heavy (non-hydrogen) atoms. The third-order valence-electron chi connectivity index (χ3n) is 2.80. The van der Waals surface area contributed by atoms with Gasteiger partial charge in [-0.25, -0.2) is 0 Å². The number of carbonyl (C=O) groups is 1. The van der Waals surface area contributed by atoms with Crippen LogP contribution in [0.5, 0.6) is 0 Å². The first-order chi connectivity index (χ1) is 9.29.